The van der Waals surface area contributed by atoms with E-state index >= 15 is 0 Å². The van der Waals surface area contributed by atoms with Crippen LogP contribution in [0, 0.1) is 11.8 Å². The largest absolute Gasteiger partial charge is 0.543 e. The number of β-lactam (4-membered cyclic amide) rings is 1. The van der Waals surface area contributed by atoms with Gasteiger partial charge < -0.3 is 19.9 Å². The number of carboxylic acids is 1. The van der Waals surface area contributed by atoms with Crippen LogP contribution >= 0.6 is 0 Å². The fourth-order valence-corrected chi connectivity index (χ4v) is 7.12. The monoisotopic (exact) mass is 527 g/mol. The minimum atomic E-state index is -4.08. The second-order valence-electron chi connectivity index (χ2n) is 9.98. The Morgan fingerprint density at radius 1 is 1.32 bits per heavy atom. The Kier molecular flexibility index (Phi) is 5.99. The van der Waals surface area contributed by atoms with Gasteiger partial charge in [0.25, 0.3) is 10.0 Å². The molecule has 0 radical (unpaired) electrons. The molecule has 1 aromatic heterocycles. The van der Waals surface area contributed by atoms with E-state index in [2.05, 4.69) is 5.10 Å². The van der Waals surface area contributed by atoms with Crippen molar-refractivity contribution in [3.63, 3.8) is 0 Å². The first-order chi connectivity index (χ1) is 17.4. The van der Waals surface area contributed by atoms with Crippen LogP contribution < -0.4 is 9.67 Å². The molecule has 1 amide bonds. The van der Waals surface area contributed by atoms with Crippen LogP contribution in [0.1, 0.15) is 31.9 Å². The molecular weight excluding hydrogens is 498 g/mol. The molecule has 0 saturated carbocycles. The number of amides is 1. The normalized spacial score (nSPS) is 24.9. The van der Waals surface area contributed by atoms with E-state index in [9.17, 15) is 28.2 Å². The van der Waals surface area contributed by atoms with E-state index in [0.717, 1.165) is 21.4 Å². The number of aliphatic hydroxyl groups is 1. The van der Waals surface area contributed by atoms with Gasteiger partial charge in [0.2, 0.25) is 12.2 Å². The molecule has 1 aromatic carbocycles. The van der Waals surface area contributed by atoms with Gasteiger partial charge >= 0.3 is 0 Å². The highest BCUT2D eigenvalue weighted by atomic mass is 32.2. The van der Waals surface area contributed by atoms with Gasteiger partial charge in [-0.15, -0.1) is 0 Å². The first-order valence-corrected chi connectivity index (χ1v) is 13.5. The van der Waals surface area contributed by atoms with E-state index in [4.69, 9.17) is 0 Å². The number of hydrogen-bond donors (Lipinski definition) is 1. The lowest BCUT2D eigenvalue weighted by Gasteiger charge is -2.47. The minimum absolute atomic E-state index is 0.0959. The molecule has 0 bridgehead atoms. The lowest BCUT2D eigenvalue weighted by molar-refractivity contribution is -0.671. The smallest absolute Gasteiger partial charge is 0.279 e. The number of carboxylic acid groups (broad SMARTS) is 1. The van der Waals surface area contributed by atoms with E-state index in [1.165, 1.54) is 6.92 Å². The molecule has 0 unspecified atom stereocenters. The fraction of sp³-hybridized carbons (Fsp3) is 0.440. The molecule has 1 fully saturated rings. The number of carbonyl (C=O) groups is 2. The van der Waals surface area contributed by atoms with Crippen LogP contribution in [0.25, 0.3) is 0 Å². The van der Waals surface area contributed by atoms with Crippen LogP contribution in [0.3, 0.4) is 0 Å². The number of aliphatic carboxylic acids is 1. The van der Waals surface area contributed by atoms with Crippen LogP contribution in [-0.2, 0) is 39.6 Å². The van der Waals surface area contributed by atoms with Crippen LogP contribution in [-0.4, -0.2) is 63.7 Å². The van der Waals surface area contributed by atoms with Gasteiger partial charge in [-0.3, -0.25) is 4.79 Å². The van der Waals surface area contributed by atoms with E-state index in [1.807, 2.05) is 41.0 Å². The summed E-state index contributed by atoms with van der Waals surface area (Å²) >= 11 is 0. The third kappa shape index (κ3) is 3.95. The van der Waals surface area contributed by atoms with Gasteiger partial charge in [-0.2, -0.15) is 17.9 Å². The summed E-state index contributed by atoms with van der Waals surface area (Å²) in [5.41, 5.74) is 1.87. The Bertz CT molecular complexity index is 1470. The predicted octanol–water partition coefficient (Wildman–Crippen LogP) is -0.855. The number of sulfonamides is 1. The number of nitrogens with zero attached hydrogens (tertiary/aromatic N) is 5. The highest BCUT2D eigenvalue weighted by Gasteiger charge is 2.58. The lowest BCUT2D eigenvalue weighted by Crippen LogP contribution is -2.64. The zero-order valence-electron chi connectivity index (χ0n) is 21.0. The average Bonchev–Trinajstić information content (AvgIpc) is 3.34. The Labute approximate surface area is 215 Å². The van der Waals surface area contributed by atoms with E-state index in [0.29, 0.717) is 17.7 Å². The summed E-state index contributed by atoms with van der Waals surface area (Å²) in [7, 11) is -2.14. The average molecular weight is 528 g/mol. The molecule has 37 heavy (non-hydrogen) atoms. The highest BCUT2D eigenvalue weighted by molar-refractivity contribution is 7.89. The second-order valence-corrected chi connectivity index (χ2v) is 11.8. The molecule has 5 rings (SSSR count). The fourth-order valence-electron chi connectivity index (χ4n) is 5.63. The van der Waals surface area contributed by atoms with Gasteiger partial charge in [0.05, 0.1) is 60.5 Å². The quantitative estimate of drug-likeness (QED) is 0.367. The first kappa shape index (κ1) is 25.2. The van der Waals surface area contributed by atoms with Gasteiger partial charge in [0.1, 0.15) is 12.4 Å². The molecule has 4 atom stereocenters. The van der Waals surface area contributed by atoms with Crippen LogP contribution in [0.15, 0.2) is 58.2 Å². The van der Waals surface area contributed by atoms with E-state index < -0.39 is 45.9 Å². The van der Waals surface area contributed by atoms with Crippen molar-refractivity contribution in [2.75, 3.05) is 6.54 Å². The molecule has 0 spiro atoms. The topological polar surface area (TPSA) is 139 Å². The zero-order valence-corrected chi connectivity index (χ0v) is 21.8. The Balaban J connectivity index is 1.43. The lowest BCUT2D eigenvalue weighted by atomic mass is 9.78. The number of carbonyl (C=O) groups excluding carboxylic acids is 2. The van der Waals surface area contributed by atoms with Crippen LogP contribution in [0.2, 0.25) is 0 Å². The Hall–Kier alpha value is -3.51. The van der Waals surface area contributed by atoms with Crippen molar-refractivity contribution in [2.45, 2.75) is 50.8 Å². The predicted molar refractivity (Wildman–Crippen MR) is 129 cm³/mol. The zero-order chi connectivity index (χ0) is 26.8. The maximum Gasteiger partial charge on any atom is 0.279 e. The number of aryl methyl sites for hydroxylation is 3. The molecular formula is C25H29N5O6S. The molecule has 12 heteroatoms. The Morgan fingerprint density at radius 3 is 2.68 bits per heavy atom. The van der Waals surface area contributed by atoms with Gasteiger partial charge in [0.15, 0.2) is 0 Å². The standard InChI is InChI=1S/C25H29N5O6S/c1-14-19(23(25(33)34)30-22(14)21(16(3)31)24(30)32)12-29-26-15(2)18-11-17(5-6-20(18)37(29,35)36)7-8-28-10-9-27(4)13-28/h5-6,9-11,13-14,16,21-22,31H,7-8,12H2,1-4H3/t14-,16+,21+,22+/m0/s1. The minimum Gasteiger partial charge on any atom is -0.543 e. The van der Waals surface area contributed by atoms with Gasteiger partial charge in [0, 0.05) is 17.9 Å². The summed E-state index contributed by atoms with van der Waals surface area (Å²) in [4.78, 5) is 25.8. The maximum absolute atomic E-state index is 13.5. The number of benzene rings is 1. The van der Waals surface area contributed by atoms with Gasteiger partial charge in [-0.05, 0) is 37.1 Å². The number of hydrazone groups is 1. The van der Waals surface area contributed by atoms with E-state index in [1.54, 1.807) is 26.0 Å². The highest BCUT2D eigenvalue weighted by Crippen LogP contribution is 2.47. The molecule has 1 N–H and O–H groups in total. The van der Waals surface area contributed by atoms with Crippen molar-refractivity contribution in [1.82, 2.24) is 13.9 Å². The molecule has 4 heterocycles. The number of aliphatic hydroxyl groups excluding tert-OH is 1. The number of aromatic nitrogens is 2. The molecule has 196 valence electrons. The Morgan fingerprint density at radius 2 is 2.05 bits per heavy atom. The summed E-state index contributed by atoms with van der Waals surface area (Å²) in [5, 5.41) is 26.4. The van der Waals surface area contributed by atoms with Gasteiger partial charge in [-0.25, -0.2) is 9.13 Å². The van der Waals surface area contributed by atoms with Crippen LogP contribution in [0.4, 0.5) is 0 Å². The van der Waals surface area contributed by atoms with Crippen molar-refractivity contribution in [3.8, 4) is 0 Å². The third-order valence-electron chi connectivity index (χ3n) is 7.55. The van der Waals surface area contributed by atoms with Crippen molar-refractivity contribution in [1.29, 1.82) is 0 Å². The van der Waals surface area contributed by atoms with E-state index in [-0.39, 0.29) is 22.7 Å². The summed E-state index contributed by atoms with van der Waals surface area (Å²) in [6.07, 6.45) is 5.62. The number of hydrogen-bond acceptors (Lipinski definition) is 7. The van der Waals surface area contributed by atoms with Crippen molar-refractivity contribution in [3.05, 3.63) is 59.3 Å². The first-order valence-electron chi connectivity index (χ1n) is 12.1. The summed E-state index contributed by atoms with van der Waals surface area (Å²) < 4.78 is 32.0. The molecule has 3 aliphatic heterocycles. The molecule has 0 aliphatic carbocycles. The number of rotatable bonds is 7. The van der Waals surface area contributed by atoms with Gasteiger partial charge in [-0.1, -0.05) is 13.0 Å². The van der Waals surface area contributed by atoms with Crippen molar-refractivity contribution in [2.24, 2.45) is 24.0 Å². The molecule has 2 aromatic rings. The van der Waals surface area contributed by atoms with Crippen molar-refractivity contribution >= 4 is 27.6 Å². The SMILES string of the molecule is CC1=NN(CC2=C(C(=O)[O-])N3C(=O)[C@H]([C@@H](C)O)[C@H]3[C@H]2C)S(=O)(=O)c2ccc(CCn3cc[n+](C)c3)cc21. The molecule has 11 nitrogen and oxygen atoms in total. The maximum atomic E-state index is 13.5. The number of imidazole rings is 1. The summed E-state index contributed by atoms with van der Waals surface area (Å²) in [5.74, 6) is -3.31. The van der Waals surface area contributed by atoms with Crippen LogP contribution in [0.5, 0.6) is 0 Å². The van der Waals surface area contributed by atoms with Crippen molar-refractivity contribution < 1.29 is 32.8 Å². The second kappa shape index (κ2) is 8.80. The molecule has 3 aliphatic rings. The summed E-state index contributed by atoms with van der Waals surface area (Å²) in [6, 6.07) is 4.60. The third-order valence-corrected chi connectivity index (χ3v) is 9.22. The number of fused-ring (bicyclic) bond motifs is 2. The summed E-state index contributed by atoms with van der Waals surface area (Å²) in [6.45, 7) is 5.32. The molecule has 1 saturated heterocycles.